The van der Waals surface area contributed by atoms with Gasteiger partial charge in [-0.2, -0.15) is 5.10 Å². The van der Waals surface area contributed by atoms with Crippen LogP contribution in [0.1, 0.15) is 28.4 Å². The molecule has 172 valence electrons. The van der Waals surface area contributed by atoms with Crippen LogP contribution in [0, 0.1) is 5.82 Å². The van der Waals surface area contributed by atoms with Gasteiger partial charge >= 0.3 is 0 Å². The molecule has 0 aromatic heterocycles. The summed E-state index contributed by atoms with van der Waals surface area (Å²) < 4.78 is 25.3. The number of hydrazone groups is 1. The van der Waals surface area contributed by atoms with Crippen LogP contribution in [-0.4, -0.2) is 23.8 Å². The number of nitrogens with one attached hydrogen (secondary N) is 1. The zero-order valence-corrected chi connectivity index (χ0v) is 18.5. The molecule has 0 heterocycles. The molecule has 4 aromatic rings. The van der Waals surface area contributed by atoms with Crippen molar-refractivity contribution >= 4 is 22.9 Å². The molecule has 0 unspecified atom stereocenters. The largest absolute Gasteiger partial charge is 0.507 e. The van der Waals surface area contributed by atoms with Crippen molar-refractivity contribution in [2.24, 2.45) is 5.10 Å². The molecule has 0 saturated heterocycles. The van der Waals surface area contributed by atoms with Gasteiger partial charge in [-0.05, 0) is 59.7 Å². The molecule has 7 heteroatoms. The van der Waals surface area contributed by atoms with Gasteiger partial charge in [0.15, 0.2) is 11.5 Å². The molecule has 0 aliphatic rings. The van der Waals surface area contributed by atoms with Crippen LogP contribution in [0.5, 0.6) is 17.2 Å². The Morgan fingerprint density at radius 1 is 0.971 bits per heavy atom. The predicted molar refractivity (Wildman–Crippen MR) is 129 cm³/mol. The van der Waals surface area contributed by atoms with Gasteiger partial charge < -0.3 is 14.6 Å². The molecule has 0 spiro atoms. The highest BCUT2D eigenvalue weighted by Crippen LogP contribution is 2.29. The number of nitrogens with zero attached hydrogens (tertiary/aromatic N) is 1. The maximum Gasteiger partial charge on any atom is 0.275 e. The smallest absolute Gasteiger partial charge is 0.275 e. The van der Waals surface area contributed by atoms with Gasteiger partial charge in [0.2, 0.25) is 0 Å². The number of hydrogen-bond donors (Lipinski definition) is 2. The monoisotopic (exact) mass is 458 g/mol. The minimum atomic E-state index is -0.533. The van der Waals surface area contributed by atoms with Crippen LogP contribution in [0.3, 0.4) is 0 Å². The maximum absolute atomic E-state index is 13.9. The fourth-order valence-corrected chi connectivity index (χ4v) is 3.40. The van der Waals surface area contributed by atoms with Crippen LogP contribution in [-0.2, 0) is 6.61 Å². The third-order valence-electron chi connectivity index (χ3n) is 5.10. The molecule has 0 atom stereocenters. The van der Waals surface area contributed by atoms with Crippen LogP contribution in [0.2, 0.25) is 0 Å². The standard InChI is InChI=1S/C27H23FN2O4/c1-2-33-26-13-18(11-12-25(26)34-17-21-9-5-6-10-23(21)28)16-29-30-27(32)22-14-19-7-3-4-8-20(19)15-24(22)31/h3-16,31H,2,17H2,1H3,(H,30,32). The summed E-state index contributed by atoms with van der Waals surface area (Å²) in [5.41, 5.74) is 3.65. The Morgan fingerprint density at radius 3 is 2.47 bits per heavy atom. The Kier molecular flexibility index (Phi) is 7.03. The summed E-state index contributed by atoms with van der Waals surface area (Å²) in [5.74, 6) is -0.0539. The number of fused-ring (bicyclic) bond motifs is 1. The molecule has 4 aromatic carbocycles. The second-order valence-electron chi connectivity index (χ2n) is 7.43. The SMILES string of the molecule is CCOc1cc(C=NNC(=O)c2cc3ccccc3cc2O)ccc1OCc1ccccc1F. The first kappa shape index (κ1) is 22.8. The number of rotatable bonds is 8. The molecule has 0 aliphatic heterocycles. The van der Waals surface area contributed by atoms with Gasteiger partial charge in [0, 0.05) is 5.56 Å². The zero-order valence-electron chi connectivity index (χ0n) is 18.5. The summed E-state index contributed by atoms with van der Waals surface area (Å²) in [6.45, 7) is 2.32. The summed E-state index contributed by atoms with van der Waals surface area (Å²) >= 11 is 0. The highest BCUT2D eigenvalue weighted by atomic mass is 19.1. The predicted octanol–water partition coefficient (Wildman–Crippen LogP) is 5.43. The molecule has 4 rings (SSSR count). The van der Waals surface area contributed by atoms with Gasteiger partial charge in [0.1, 0.15) is 18.2 Å². The summed E-state index contributed by atoms with van der Waals surface area (Å²) in [6, 6.07) is 22.2. The van der Waals surface area contributed by atoms with E-state index in [1.54, 1.807) is 48.5 Å². The number of ether oxygens (including phenoxy) is 2. The summed E-state index contributed by atoms with van der Waals surface area (Å²) in [4.78, 5) is 12.5. The van der Waals surface area contributed by atoms with Gasteiger partial charge in [0.05, 0.1) is 18.4 Å². The molecule has 2 N–H and O–H groups in total. The van der Waals surface area contributed by atoms with E-state index in [1.807, 2.05) is 31.2 Å². The lowest BCUT2D eigenvalue weighted by Gasteiger charge is -2.13. The van der Waals surface area contributed by atoms with Crippen molar-refractivity contribution in [2.45, 2.75) is 13.5 Å². The van der Waals surface area contributed by atoms with Gasteiger partial charge in [-0.3, -0.25) is 4.79 Å². The molecule has 0 saturated carbocycles. The molecule has 1 amide bonds. The van der Waals surface area contributed by atoms with Crippen LogP contribution >= 0.6 is 0 Å². The number of amides is 1. The summed E-state index contributed by atoms with van der Waals surface area (Å²) in [6.07, 6.45) is 1.46. The Labute approximate surface area is 196 Å². The molecule has 0 fully saturated rings. The average Bonchev–Trinajstić information content (AvgIpc) is 2.84. The highest BCUT2D eigenvalue weighted by Gasteiger charge is 2.12. The van der Waals surface area contributed by atoms with E-state index in [0.717, 1.165) is 10.8 Å². The zero-order chi connectivity index (χ0) is 23.9. The Morgan fingerprint density at radius 2 is 1.71 bits per heavy atom. The van der Waals surface area contributed by atoms with Crippen molar-refractivity contribution in [1.29, 1.82) is 0 Å². The van der Waals surface area contributed by atoms with E-state index in [0.29, 0.717) is 29.2 Å². The number of phenolic OH excluding ortho intramolecular Hbond substituents is 1. The van der Waals surface area contributed by atoms with E-state index in [4.69, 9.17) is 9.47 Å². The third kappa shape index (κ3) is 5.32. The van der Waals surface area contributed by atoms with Crippen molar-refractivity contribution in [3.8, 4) is 17.2 Å². The Bertz CT molecular complexity index is 1350. The number of carbonyl (C=O) groups is 1. The third-order valence-corrected chi connectivity index (χ3v) is 5.10. The molecule has 6 nitrogen and oxygen atoms in total. The molecule has 34 heavy (non-hydrogen) atoms. The second kappa shape index (κ2) is 10.5. The van der Waals surface area contributed by atoms with Crippen molar-refractivity contribution in [3.63, 3.8) is 0 Å². The fourth-order valence-electron chi connectivity index (χ4n) is 3.40. The number of benzene rings is 4. The fraction of sp³-hybridized carbons (Fsp3) is 0.111. The van der Waals surface area contributed by atoms with E-state index in [2.05, 4.69) is 10.5 Å². The topological polar surface area (TPSA) is 80.2 Å². The number of carbonyl (C=O) groups excluding carboxylic acids is 1. The lowest BCUT2D eigenvalue weighted by Crippen LogP contribution is -2.17. The summed E-state index contributed by atoms with van der Waals surface area (Å²) in [7, 11) is 0. The van der Waals surface area contributed by atoms with Gasteiger partial charge in [-0.25, -0.2) is 9.82 Å². The van der Waals surface area contributed by atoms with Crippen molar-refractivity contribution < 1.29 is 23.8 Å². The van der Waals surface area contributed by atoms with E-state index in [-0.39, 0.29) is 23.7 Å². The van der Waals surface area contributed by atoms with E-state index >= 15 is 0 Å². The van der Waals surface area contributed by atoms with Gasteiger partial charge in [-0.15, -0.1) is 0 Å². The number of hydrogen-bond acceptors (Lipinski definition) is 5. The van der Waals surface area contributed by atoms with E-state index < -0.39 is 5.91 Å². The van der Waals surface area contributed by atoms with Crippen LogP contribution in [0.15, 0.2) is 84.0 Å². The van der Waals surface area contributed by atoms with Crippen LogP contribution in [0.25, 0.3) is 10.8 Å². The van der Waals surface area contributed by atoms with E-state index in [9.17, 15) is 14.3 Å². The lowest BCUT2D eigenvalue weighted by molar-refractivity contribution is 0.0952. The molecule has 0 aliphatic carbocycles. The lowest BCUT2D eigenvalue weighted by atomic mass is 10.1. The summed E-state index contributed by atoms with van der Waals surface area (Å²) in [5, 5.41) is 15.9. The Balaban J connectivity index is 1.45. The van der Waals surface area contributed by atoms with Gasteiger partial charge in [-0.1, -0.05) is 42.5 Å². The number of halogens is 1. The van der Waals surface area contributed by atoms with Crippen LogP contribution in [0.4, 0.5) is 4.39 Å². The molecular weight excluding hydrogens is 435 g/mol. The first-order valence-electron chi connectivity index (χ1n) is 10.7. The normalized spacial score (nSPS) is 11.0. The first-order chi connectivity index (χ1) is 16.5. The van der Waals surface area contributed by atoms with Crippen molar-refractivity contribution in [2.75, 3.05) is 6.61 Å². The van der Waals surface area contributed by atoms with Crippen molar-refractivity contribution in [1.82, 2.24) is 5.43 Å². The number of phenols is 1. The quantitative estimate of drug-likeness (QED) is 0.273. The number of aromatic hydroxyl groups is 1. The van der Waals surface area contributed by atoms with Gasteiger partial charge in [0.25, 0.3) is 5.91 Å². The van der Waals surface area contributed by atoms with E-state index in [1.165, 1.54) is 12.3 Å². The molecule has 0 radical (unpaired) electrons. The molecule has 0 bridgehead atoms. The average molecular weight is 458 g/mol. The molecular formula is C27H23FN2O4. The van der Waals surface area contributed by atoms with Crippen LogP contribution < -0.4 is 14.9 Å². The Hall–Kier alpha value is -4.39. The highest BCUT2D eigenvalue weighted by molar-refractivity contribution is 6.01. The minimum Gasteiger partial charge on any atom is -0.507 e. The maximum atomic E-state index is 13.9. The first-order valence-corrected chi connectivity index (χ1v) is 10.7. The van der Waals surface area contributed by atoms with Crippen molar-refractivity contribution in [3.05, 3.63) is 101 Å². The second-order valence-corrected chi connectivity index (χ2v) is 7.43. The minimum absolute atomic E-state index is 0.0610.